The highest BCUT2D eigenvalue weighted by Gasteiger charge is 2.40. The fourth-order valence-electron chi connectivity index (χ4n) is 2.91. The number of pyridine rings is 2. The molecule has 156 valence electrons. The third-order valence-electron chi connectivity index (χ3n) is 5.18. The standard InChI is InChI=1S/C20H24F2N4O3/c1-19(2,3)20(4,28)12-10-26-14(11-7-13(21)18(23)25-17(11)22)9-24-16(26)8-15(12)29-6-5-27/h7-10,27-28H,5-6H2,1-4H3,(H2,23,25). The van der Waals surface area contributed by atoms with Crippen molar-refractivity contribution in [3.05, 3.63) is 41.9 Å². The predicted molar refractivity (Wildman–Crippen MR) is 104 cm³/mol. The van der Waals surface area contributed by atoms with E-state index in [-0.39, 0.29) is 24.5 Å². The lowest BCUT2D eigenvalue weighted by atomic mass is 9.73. The summed E-state index contributed by atoms with van der Waals surface area (Å²) in [5.74, 6) is -1.97. The van der Waals surface area contributed by atoms with Crippen molar-refractivity contribution in [2.45, 2.75) is 33.3 Å². The molecular formula is C20H24F2N4O3. The van der Waals surface area contributed by atoms with Crippen molar-refractivity contribution in [2.75, 3.05) is 18.9 Å². The molecule has 0 aliphatic carbocycles. The number of hydrogen-bond acceptors (Lipinski definition) is 6. The summed E-state index contributed by atoms with van der Waals surface area (Å²) in [6, 6.07) is 2.53. The molecule has 0 spiro atoms. The number of nitrogens with two attached hydrogens (primary N) is 1. The Balaban J connectivity index is 2.28. The molecule has 1 atom stereocenters. The lowest BCUT2D eigenvalue weighted by molar-refractivity contribution is -0.0493. The summed E-state index contributed by atoms with van der Waals surface area (Å²) in [6.45, 7) is 7.05. The zero-order valence-electron chi connectivity index (χ0n) is 16.7. The summed E-state index contributed by atoms with van der Waals surface area (Å²) in [4.78, 5) is 7.63. The van der Waals surface area contributed by atoms with Gasteiger partial charge in [0.2, 0.25) is 5.95 Å². The van der Waals surface area contributed by atoms with Crippen LogP contribution >= 0.6 is 0 Å². The highest BCUT2D eigenvalue weighted by molar-refractivity contribution is 5.66. The van der Waals surface area contributed by atoms with Gasteiger partial charge in [-0.15, -0.1) is 0 Å². The first-order valence-electron chi connectivity index (χ1n) is 9.07. The first-order chi connectivity index (χ1) is 13.5. The van der Waals surface area contributed by atoms with Crippen molar-refractivity contribution in [3.8, 4) is 17.0 Å². The average Bonchev–Trinajstić information content (AvgIpc) is 3.03. The van der Waals surface area contributed by atoms with Crippen molar-refractivity contribution in [3.63, 3.8) is 0 Å². The van der Waals surface area contributed by atoms with Gasteiger partial charge in [-0.3, -0.25) is 4.40 Å². The topological polar surface area (TPSA) is 106 Å². The van der Waals surface area contributed by atoms with E-state index in [0.717, 1.165) is 6.07 Å². The minimum absolute atomic E-state index is 0.0265. The summed E-state index contributed by atoms with van der Waals surface area (Å²) in [7, 11) is 0. The molecule has 3 heterocycles. The van der Waals surface area contributed by atoms with Gasteiger partial charge in [-0.25, -0.2) is 9.37 Å². The van der Waals surface area contributed by atoms with Crippen LogP contribution in [0.4, 0.5) is 14.6 Å². The fourth-order valence-corrected chi connectivity index (χ4v) is 2.91. The normalized spacial score (nSPS) is 14.2. The molecule has 0 saturated carbocycles. The van der Waals surface area contributed by atoms with Crippen LogP contribution in [-0.2, 0) is 5.60 Å². The summed E-state index contributed by atoms with van der Waals surface area (Å²) >= 11 is 0. The number of nitrogens with zero attached hydrogens (tertiary/aromatic N) is 3. The van der Waals surface area contributed by atoms with Gasteiger partial charge in [0.15, 0.2) is 11.6 Å². The van der Waals surface area contributed by atoms with Crippen LogP contribution in [-0.4, -0.2) is 37.8 Å². The minimum Gasteiger partial charge on any atom is -0.491 e. The third-order valence-corrected chi connectivity index (χ3v) is 5.18. The number of fused-ring (bicyclic) bond motifs is 1. The van der Waals surface area contributed by atoms with Crippen LogP contribution in [0, 0.1) is 17.2 Å². The zero-order chi connectivity index (χ0) is 21.6. The summed E-state index contributed by atoms with van der Waals surface area (Å²) in [5.41, 5.74) is 4.32. The lowest BCUT2D eigenvalue weighted by Crippen LogP contribution is -2.37. The van der Waals surface area contributed by atoms with Crippen molar-refractivity contribution in [1.29, 1.82) is 0 Å². The molecule has 29 heavy (non-hydrogen) atoms. The van der Waals surface area contributed by atoms with Crippen molar-refractivity contribution in [1.82, 2.24) is 14.4 Å². The maximum absolute atomic E-state index is 14.4. The van der Waals surface area contributed by atoms with E-state index < -0.39 is 28.6 Å². The van der Waals surface area contributed by atoms with E-state index in [4.69, 9.17) is 15.6 Å². The van der Waals surface area contributed by atoms with Gasteiger partial charge in [0.25, 0.3) is 0 Å². The molecule has 1 unspecified atom stereocenters. The maximum Gasteiger partial charge on any atom is 0.224 e. The zero-order valence-corrected chi connectivity index (χ0v) is 16.7. The number of aliphatic hydroxyl groups is 2. The first kappa shape index (κ1) is 20.9. The number of aliphatic hydroxyl groups excluding tert-OH is 1. The molecule has 3 aromatic rings. The molecule has 0 aromatic carbocycles. The van der Waals surface area contributed by atoms with E-state index in [9.17, 15) is 13.9 Å². The second-order valence-corrected chi connectivity index (χ2v) is 8.01. The third kappa shape index (κ3) is 3.63. The average molecular weight is 406 g/mol. The number of nitrogen functional groups attached to an aromatic ring is 1. The molecule has 9 heteroatoms. The van der Waals surface area contributed by atoms with Gasteiger partial charge in [0.1, 0.15) is 18.0 Å². The van der Waals surface area contributed by atoms with Crippen LogP contribution in [0.25, 0.3) is 16.9 Å². The Hall–Kier alpha value is -2.78. The van der Waals surface area contributed by atoms with Crippen molar-refractivity contribution < 1.29 is 23.7 Å². The van der Waals surface area contributed by atoms with Crippen LogP contribution in [0.3, 0.4) is 0 Å². The fraction of sp³-hybridized carbons (Fsp3) is 0.400. The Morgan fingerprint density at radius 3 is 2.52 bits per heavy atom. The highest BCUT2D eigenvalue weighted by Crippen LogP contribution is 2.43. The van der Waals surface area contributed by atoms with Crippen molar-refractivity contribution in [2.24, 2.45) is 5.41 Å². The molecule has 0 saturated heterocycles. The number of ether oxygens (including phenoxy) is 1. The number of hydrogen-bond donors (Lipinski definition) is 3. The highest BCUT2D eigenvalue weighted by atomic mass is 19.1. The first-order valence-corrected chi connectivity index (χ1v) is 9.07. The van der Waals surface area contributed by atoms with E-state index in [2.05, 4.69) is 9.97 Å². The van der Waals surface area contributed by atoms with Gasteiger partial charge in [-0.2, -0.15) is 9.37 Å². The Labute approximate surface area is 166 Å². The van der Waals surface area contributed by atoms with Gasteiger partial charge < -0.3 is 20.7 Å². The van der Waals surface area contributed by atoms with Crippen LogP contribution in [0.1, 0.15) is 33.3 Å². The molecule has 4 N–H and O–H groups in total. The number of aromatic nitrogens is 3. The predicted octanol–water partition coefficient (Wildman–Crippen LogP) is 2.88. The Kier molecular flexibility index (Phi) is 5.22. The molecular weight excluding hydrogens is 382 g/mol. The number of halogens is 2. The van der Waals surface area contributed by atoms with E-state index in [0.29, 0.717) is 17.0 Å². The second-order valence-electron chi connectivity index (χ2n) is 8.01. The molecule has 0 fully saturated rings. The quantitative estimate of drug-likeness (QED) is 0.563. The molecule has 7 nitrogen and oxygen atoms in total. The summed E-state index contributed by atoms with van der Waals surface area (Å²) in [5, 5.41) is 20.4. The van der Waals surface area contributed by atoms with Crippen LogP contribution < -0.4 is 10.5 Å². The van der Waals surface area contributed by atoms with E-state index in [1.54, 1.807) is 19.2 Å². The smallest absolute Gasteiger partial charge is 0.224 e. The van der Waals surface area contributed by atoms with E-state index in [1.165, 1.54) is 10.6 Å². The number of anilines is 1. The van der Waals surface area contributed by atoms with Crippen LogP contribution in [0.15, 0.2) is 24.5 Å². The van der Waals surface area contributed by atoms with Crippen molar-refractivity contribution >= 4 is 11.5 Å². The van der Waals surface area contributed by atoms with E-state index >= 15 is 0 Å². The van der Waals surface area contributed by atoms with Crippen LogP contribution in [0.5, 0.6) is 5.75 Å². The van der Waals surface area contributed by atoms with Gasteiger partial charge in [0, 0.05) is 17.8 Å². The lowest BCUT2D eigenvalue weighted by Gasteiger charge is -2.38. The van der Waals surface area contributed by atoms with Gasteiger partial charge in [0.05, 0.1) is 29.7 Å². The SMILES string of the molecule is CC(C)(C)C(C)(O)c1cn2c(-c3cc(F)c(N)nc3F)cnc2cc1OCCO. The molecule has 0 bridgehead atoms. The minimum atomic E-state index is -1.35. The molecule has 0 aliphatic heterocycles. The number of rotatable bonds is 5. The summed E-state index contributed by atoms with van der Waals surface area (Å²) in [6.07, 6.45) is 2.94. The largest absolute Gasteiger partial charge is 0.491 e. The molecule has 3 rings (SSSR count). The molecule has 0 aliphatic rings. The Morgan fingerprint density at radius 1 is 1.21 bits per heavy atom. The maximum atomic E-state index is 14.4. The Bertz CT molecular complexity index is 1060. The summed E-state index contributed by atoms with van der Waals surface area (Å²) < 4.78 is 35.5. The van der Waals surface area contributed by atoms with Gasteiger partial charge in [-0.05, 0) is 18.4 Å². The van der Waals surface area contributed by atoms with Gasteiger partial charge in [-0.1, -0.05) is 20.8 Å². The molecule has 3 aromatic heterocycles. The monoisotopic (exact) mass is 406 g/mol. The van der Waals surface area contributed by atoms with Gasteiger partial charge >= 0.3 is 0 Å². The Morgan fingerprint density at radius 2 is 1.90 bits per heavy atom. The molecule has 0 amide bonds. The second kappa shape index (κ2) is 7.23. The van der Waals surface area contributed by atoms with Crippen LogP contribution in [0.2, 0.25) is 0 Å². The van der Waals surface area contributed by atoms with E-state index in [1.807, 2.05) is 20.8 Å². The number of imidazole rings is 1. The molecule has 0 radical (unpaired) electrons.